The summed E-state index contributed by atoms with van der Waals surface area (Å²) in [6, 6.07) is 24.9. The Hall–Kier alpha value is -4.77. The van der Waals surface area contributed by atoms with Crippen molar-refractivity contribution in [1.82, 2.24) is 0 Å². The molecule has 0 spiro atoms. The molecule has 0 amide bonds. The summed E-state index contributed by atoms with van der Waals surface area (Å²) in [5.74, 6) is 0.777. The molecular weight excluding hydrogens is 406 g/mol. The lowest BCUT2D eigenvalue weighted by molar-refractivity contribution is -0.384. The molecular formula is C24H17N5O3. The molecule has 0 saturated heterocycles. The summed E-state index contributed by atoms with van der Waals surface area (Å²) in [7, 11) is 1.62. The van der Waals surface area contributed by atoms with E-state index in [2.05, 4.69) is 15.5 Å². The number of nitrogens with zero attached hydrogens (tertiary/aromatic N) is 4. The summed E-state index contributed by atoms with van der Waals surface area (Å²) in [5, 5.41) is 34.0. The number of rotatable bonds is 6. The first kappa shape index (κ1) is 20.5. The standard InChI is InChI=1S/C24H17N5O3/c1-32-19-9-6-17(7-10-19)26-23-12-13-24(21-5-3-2-4-20(21)23)28-27-22-11-8-18(29(30)31)14-16(22)15-25/h2-14,26H,1H3. The third-order valence-electron chi connectivity index (χ3n) is 4.85. The number of fused-ring (bicyclic) bond motifs is 1. The molecule has 4 rings (SSSR count). The van der Waals surface area contributed by atoms with E-state index in [1.807, 2.05) is 66.7 Å². The second-order valence-corrected chi connectivity index (χ2v) is 6.80. The maximum atomic E-state index is 10.9. The summed E-state index contributed by atoms with van der Waals surface area (Å²) >= 11 is 0. The molecule has 156 valence electrons. The van der Waals surface area contributed by atoms with Crippen molar-refractivity contribution in [3.63, 3.8) is 0 Å². The first-order valence-corrected chi connectivity index (χ1v) is 9.62. The molecule has 0 aromatic heterocycles. The van der Waals surface area contributed by atoms with Gasteiger partial charge in [-0.15, -0.1) is 10.2 Å². The molecule has 0 unspecified atom stereocenters. The van der Waals surface area contributed by atoms with Gasteiger partial charge in [0.2, 0.25) is 0 Å². The van der Waals surface area contributed by atoms with E-state index in [4.69, 9.17) is 4.74 Å². The molecule has 0 aliphatic heterocycles. The Bertz CT molecular complexity index is 1380. The van der Waals surface area contributed by atoms with Crippen LogP contribution in [0.3, 0.4) is 0 Å². The zero-order chi connectivity index (χ0) is 22.5. The number of methoxy groups -OCH3 is 1. The summed E-state index contributed by atoms with van der Waals surface area (Å²) in [4.78, 5) is 10.4. The predicted molar refractivity (Wildman–Crippen MR) is 122 cm³/mol. The molecule has 0 aliphatic rings. The Balaban J connectivity index is 1.68. The third-order valence-corrected chi connectivity index (χ3v) is 4.85. The largest absolute Gasteiger partial charge is 0.497 e. The average Bonchev–Trinajstić information content (AvgIpc) is 2.83. The van der Waals surface area contributed by atoms with Gasteiger partial charge in [0, 0.05) is 34.3 Å². The molecule has 8 nitrogen and oxygen atoms in total. The van der Waals surface area contributed by atoms with Gasteiger partial charge in [-0.05, 0) is 42.5 Å². The predicted octanol–water partition coefficient (Wildman–Crippen LogP) is 6.79. The Morgan fingerprint density at radius 2 is 1.62 bits per heavy atom. The fourth-order valence-electron chi connectivity index (χ4n) is 3.23. The Labute approximate surface area is 183 Å². The van der Waals surface area contributed by atoms with Gasteiger partial charge >= 0.3 is 0 Å². The van der Waals surface area contributed by atoms with E-state index in [0.29, 0.717) is 5.69 Å². The quantitative estimate of drug-likeness (QED) is 0.208. The molecule has 4 aromatic carbocycles. The van der Waals surface area contributed by atoms with Crippen LogP contribution in [-0.2, 0) is 0 Å². The van der Waals surface area contributed by atoms with Gasteiger partial charge < -0.3 is 10.1 Å². The zero-order valence-corrected chi connectivity index (χ0v) is 17.0. The monoisotopic (exact) mass is 423 g/mol. The molecule has 0 fully saturated rings. The molecule has 0 radical (unpaired) electrons. The minimum atomic E-state index is -0.552. The number of nitro benzene ring substituents is 1. The number of hydrogen-bond donors (Lipinski definition) is 1. The highest BCUT2D eigenvalue weighted by Gasteiger charge is 2.11. The molecule has 0 atom stereocenters. The van der Waals surface area contributed by atoms with Crippen molar-refractivity contribution in [2.45, 2.75) is 0 Å². The van der Waals surface area contributed by atoms with Gasteiger partial charge in [-0.1, -0.05) is 24.3 Å². The zero-order valence-electron chi connectivity index (χ0n) is 17.0. The van der Waals surface area contributed by atoms with Gasteiger partial charge in [0.25, 0.3) is 5.69 Å². The molecule has 0 heterocycles. The van der Waals surface area contributed by atoms with Crippen molar-refractivity contribution < 1.29 is 9.66 Å². The van der Waals surface area contributed by atoms with Gasteiger partial charge in [-0.2, -0.15) is 5.26 Å². The number of azo groups is 1. The van der Waals surface area contributed by atoms with E-state index < -0.39 is 4.92 Å². The van der Waals surface area contributed by atoms with Crippen molar-refractivity contribution in [3.8, 4) is 11.8 Å². The number of hydrogen-bond acceptors (Lipinski definition) is 7. The minimum Gasteiger partial charge on any atom is -0.497 e. The molecule has 0 bridgehead atoms. The molecule has 0 saturated carbocycles. The minimum absolute atomic E-state index is 0.0880. The Morgan fingerprint density at radius 3 is 2.31 bits per heavy atom. The van der Waals surface area contributed by atoms with Crippen molar-refractivity contribution in [3.05, 3.63) is 94.5 Å². The first-order chi connectivity index (χ1) is 15.6. The maximum absolute atomic E-state index is 10.9. The summed E-state index contributed by atoms with van der Waals surface area (Å²) in [6.45, 7) is 0. The van der Waals surface area contributed by atoms with Crippen LogP contribution in [0.4, 0.5) is 28.4 Å². The van der Waals surface area contributed by atoms with Crippen LogP contribution in [0, 0.1) is 21.4 Å². The Kier molecular flexibility index (Phi) is 5.72. The van der Waals surface area contributed by atoms with Crippen molar-refractivity contribution in [2.24, 2.45) is 10.2 Å². The van der Waals surface area contributed by atoms with E-state index in [0.717, 1.165) is 27.9 Å². The number of non-ortho nitro benzene ring substituents is 1. The number of nitrogens with one attached hydrogen (secondary N) is 1. The second-order valence-electron chi connectivity index (χ2n) is 6.80. The normalized spacial score (nSPS) is 10.8. The highest BCUT2D eigenvalue weighted by atomic mass is 16.6. The van der Waals surface area contributed by atoms with Gasteiger partial charge in [-0.25, -0.2) is 0 Å². The average molecular weight is 423 g/mol. The van der Waals surface area contributed by atoms with Crippen LogP contribution in [0.15, 0.2) is 89.1 Å². The lowest BCUT2D eigenvalue weighted by Crippen LogP contribution is -1.92. The summed E-state index contributed by atoms with van der Waals surface area (Å²) < 4.78 is 5.20. The second kappa shape index (κ2) is 8.93. The van der Waals surface area contributed by atoms with Crippen molar-refractivity contribution in [1.29, 1.82) is 5.26 Å². The van der Waals surface area contributed by atoms with E-state index in [1.165, 1.54) is 18.2 Å². The maximum Gasteiger partial charge on any atom is 0.270 e. The summed E-state index contributed by atoms with van der Waals surface area (Å²) in [6.07, 6.45) is 0. The van der Waals surface area contributed by atoms with Gasteiger partial charge in [0.15, 0.2) is 0 Å². The molecule has 8 heteroatoms. The Morgan fingerprint density at radius 1 is 0.938 bits per heavy atom. The fraction of sp³-hybridized carbons (Fsp3) is 0.0417. The van der Waals surface area contributed by atoms with Crippen LogP contribution in [0.1, 0.15) is 5.56 Å². The SMILES string of the molecule is COc1ccc(Nc2ccc(N=Nc3ccc([N+](=O)[O-])cc3C#N)c3ccccc23)cc1. The highest BCUT2D eigenvalue weighted by Crippen LogP contribution is 2.35. The highest BCUT2D eigenvalue weighted by molar-refractivity contribution is 6.01. The topological polar surface area (TPSA) is 113 Å². The molecule has 1 N–H and O–H groups in total. The third kappa shape index (κ3) is 4.22. The van der Waals surface area contributed by atoms with Crippen molar-refractivity contribution >= 4 is 39.2 Å². The van der Waals surface area contributed by atoms with Gasteiger partial charge in [-0.3, -0.25) is 10.1 Å². The van der Waals surface area contributed by atoms with Gasteiger partial charge in [0.1, 0.15) is 17.5 Å². The summed E-state index contributed by atoms with van der Waals surface area (Å²) in [5.41, 5.74) is 2.61. The van der Waals surface area contributed by atoms with Gasteiger partial charge in [0.05, 0.1) is 23.3 Å². The molecule has 4 aromatic rings. The van der Waals surface area contributed by atoms with Crippen molar-refractivity contribution in [2.75, 3.05) is 12.4 Å². The van der Waals surface area contributed by atoms with Crippen LogP contribution in [0.25, 0.3) is 10.8 Å². The number of ether oxygens (including phenoxy) is 1. The van der Waals surface area contributed by atoms with E-state index >= 15 is 0 Å². The van der Waals surface area contributed by atoms with Crippen LogP contribution in [0.5, 0.6) is 5.75 Å². The first-order valence-electron chi connectivity index (χ1n) is 9.62. The molecule has 32 heavy (non-hydrogen) atoms. The molecule has 0 aliphatic carbocycles. The number of nitro groups is 1. The van der Waals surface area contributed by atoms with Crippen LogP contribution in [0.2, 0.25) is 0 Å². The van der Waals surface area contributed by atoms with Crippen LogP contribution in [-0.4, -0.2) is 12.0 Å². The lowest BCUT2D eigenvalue weighted by atomic mass is 10.1. The number of benzene rings is 4. The number of anilines is 2. The smallest absolute Gasteiger partial charge is 0.270 e. The fourth-order valence-corrected chi connectivity index (χ4v) is 3.23. The lowest BCUT2D eigenvalue weighted by Gasteiger charge is -2.12. The number of nitriles is 1. The van der Waals surface area contributed by atoms with Crippen LogP contribution >= 0.6 is 0 Å². The van der Waals surface area contributed by atoms with Crippen LogP contribution < -0.4 is 10.1 Å². The van der Waals surface area contributed by atoms with E-state index in [1.54, 1.807) is 7.11 Å². The van der Waals surface area contributed by atoms with E-state index in [9.17, 15) is 15.4 Å². The van der Waals surface area contributed by atoms with E-state index in [-0.39, 0.29) is 16.9 Å².